The molecule has 1 atom stereocenters. The van der Waals surface area contributed by atoms with E-state index in [1.54, 1.807) is 6.92 Å². The van der Waals surface area contributed by atoms with Gasteiger partial charge in [-0.25, -0.2) is 0 Å². The molecule has 2 heterocycles. The van der Waals surface area contributed by atoms with E-state index in [-0.39, 0.29) is 17.9 Å². The molecule has 2 aliphatic heterocycles. The third-order valence-electron chi connectivity index (χ3n) is 4.05. The Hall–Kier alpha value is -0.900. The molecule has 0 aromatic rings. The second-order valence-electron chi connectivity index (χ2n) is 5.22. The molecule has 2 aliphatic rings. The second kappa shape index (κ2) is 5.63. The molecule has 1 N–H and O–H groups in total. The van der Waals surface area contributed by atoms with Crippen LogP contribution in [0.3, 0.4) is 0 Å². The zero-order chi connectivity index (χ0) is 12.3. The molecule has 17 heavy (non-hydrogen) atoms. The normalized spacial score (nSPS) is 28.5. The van der Waals surface area contributed by atoms with Gasteiger partial charge in [0.2, 0.25) is 5.91 Å². The molecule has 4 heteroatoms. The summed E-state index contributed by atoms with van der Waals surface area (Å²) in [4.78, 5) is 25.5. The summed E-state index contributed by atoms with van der Waals surface area (Å²) < 4.78 is 0. The standard InChI is InChI=1S/C13H22N2O2/c1-10(16)11-5-8-15(9-6-11)12-4-2-3-7-14-13(12)17/h11-12H,2-9H2,1H3,(H,14,17). The van der Waals surface area contributed by atoms with Gasteiger partial charge in [0.1, 0.15) is 5.78 Å². The van der Waals surface area contributed by atoms with Crippen molar-refractivity contribution in [3.05, 3.63) is 0 Å². The van der Waals surface area contributed by atoms with Gasteiger partial charge in [0.05, 0.1) is 6.04 Å². The molecule has 2 rings (SSSR count). The highest BCUT2D eigenvalue weighted by Crippen LogP contribution is 2.22. The Morgan fingerprint density at radius 3 is 2.59 bits per heavy atom. The van der Waals surface area contributed by atoms with E-state index in [0.29, 0.717) is 5.78 Å². The van der Waals surface area contributed by atoms with E-state index in [4.69, 9.17) is 0 Å². The lowest BCUT2D eigenvalue weighted by Gasteiger charge is -2.35. The first-order valence-electron chi connectivity index (χ1n) is 6.70. The van der Waals surface area contributed by atoms with Crippen LogP contribution >= 0.6 is 0 Å². The van der Waals surface area contributed by atoms with Crippen LogP contribution in [0.5, 0.6) is 0 Å². The van der Waals surface area contributed by atoms with Gasteiger partial charge in [-0.1, -0.05) is 0 Å². The Labute approximate surface area is 103 Å². The minimum Gasteiger partial charge on any atom is -0.355 e. The number of hydrogen-bond acceptors (Lipinski definition) is 3. The number of piperidine rings is 1. The van der Waals surface area contributed by atoms with Crippen molar-refractivity contribution >= 4 is 11.7 Å². The summed E-state index contributed by atoms with van der Waals surface area (Å²) in [5.41, 5.74) is 0. The Morgan fingerprint density at radius 2 is 1.94 bits per heavy atom. The topological polar surface area (TPSA) is 49.4 Å². The minimum absolute atomic E-state index is 0.0467. The Kier molecular flexibility index (Phi) is 4.15. The third-order valence-corrected chi connectivity index (χ3v) is 4.05. The van der Waals surface area contributed by atoms with Crippen LogP contribution in [-0.2, 0) is 9.59 Å². The molecule has 0 aromatic heterocycles. The summed E-state index contributed by atoms with van der Waals surface area (Å²) in [5, 5.41) is 2.98. The molecular formula is C13H22N2O2. The number of carbonyl (C=O) groups excluding carboxylic acids is 2. The van der Waals surface area contributed by atoms with E-state index in [2.05, 4.69) is 10.2 Å². The van der Waals surface area contributed by atoms with Crippen molar-refractivity contribution in [1.29, 1.82) is 0 Å². The van der Waals surface area contributed by atoms with E-state index >= 15 is 0 Å². The molecule has 0 spiro atoms. The maximum atomic E-state index is 11.9. The Bertz CT molecular complexity index is 296. The molecule has 0 saturated carbocycles. The van der Waals surface area contributed by atoms with Crippen LogP contribution in [0.4, 0.5) is 0 Å². The van der Waals surface area contributed by atoms with Crippen molar-refractivity contribution in [3.63, 3.8) is 0 Å². The lowest BCUT2D eigenvalue weighted by Crippen LogP contribution is -2.49. The Morgan fingerprint density at radius 1 is 1.24 bits per heavy atom. The summed E-state index contributed by atoms with van der Waals surface area (Å²) >= 11 is 0. The highest BCUT2D eigenvalue weighted by Gasteiger charge is 2.31. The van der Waals surface area contributed by atoms with Gasteiger partial charge in [0, 0.05) is 12.5 Å². The average molecular weight is 238 g/mol. The van der Waals surface area contributed by atoms with Crippen LogP contribution in [0.2, 0.25) is 0 Å². The largest absolute Gasteiger partial charge is 0.355 e. The number of nitrogens with zero attached hydrogens (tertiary/aromatic N) is 1. The fourth-order valence-electron chi connectivity index (χ4n) is 2.89. The van der Waals surface area contributed by atoms with E-state index in [9.17, 15) is 9.59 Å². The number of Topliss-reactive ketones (excluding diaryl/α,β-unsaturated/α-hetero) is 1. The first-order valence-corrected chi connectivity index (χ1v) is 6.70. The van der Waals surface area contributed by atoms with Crippen molar-refractivity contribution in [2.75, 3.05) is 19.6 Å². The fraction of sp³-hybridized carbons (Fsp3) is 0.846. The van der Waals surface area contributed by atoms with Gasteiger partial charge in [0.15, 0.2) is 0 Å². The number of amides is 1. The van der Waals surface area contributed by atoms with Crippen LogP contribution < -0.4 is 5.32 Å². The second-order valence-corrected chi connectivity index (χ2v) is 5.22. The number of hydrogen-bond donors (Lipinski definition) is 1. The molecule has 1 amide bonds. The molecule has 0 aliphatic carbocycles. The van der Waals surface area contributed by atoms with Gasteiger partial charge in [-0.2, -0.15) is 0 Å². The van der Waals surface area contributed by atoms with Crippen LogP contribution in [0.25, 0.3) is 0 Å². The van der Waals surface area contributed by atoms with Gasteiger partial charge < -0.3 is 5.32 Å². The number of rotatable bonds is 2. The van der Waals surface area contributed by atoms with Crippen molar-refractivity contribution < 1.29 is 9.59 Å². The quantitative estimate of drug-likeness (QED) is 0.779. The zero-order valence-electron chi connectivity index (χ0n) is 10.6. The summed E-state index contributed by atoms with van der Waals surface area (Å²) in [6.45, 7) is 4.28. The molecular weight excluding hydrogens is 216 g/mol. The van der Waals surface area contributed by atoms with Gasteiger partial charge in [-0.05, 0) is 52.1 Å². The summed E-state index contributed by atoms with van der Waals surface area (Å²) in [6.07, 6.45) is 5.01. The molecule has 1 unspecified atom stereocenters. The van der Waals surface area contributed by atoms with Crippen molar-refractivity contribution in [2.45, 2.75) is 45.1 Å². The van der Waals surface area contributed by atoms with E-state index < -0.39 is 0 Å². The fourth-order valence-corrected chi connectivity index (χ4v) is 2.89. The minimum atomic E-state index is 0.0467. The average Bonchev–Trinajstić information content (AvgIpc) is 2.54. The molecule has 2 fully saturated rings. The lowest BCUT2D eigenvalue weighted by atomic mass is 9.92. The SMILES string of the molecule is CC(=O)C1CCN(C2CCCCNC2=O)CC1. The monoisotopic (exact) mass is 238 g/mol. The predicted molar refractivity (Wildman–Crippen MR) is 65.6 cm³/mol. The molecule has 0 radical (unpaired) electrons. The smallest absolute Gasteiger partial charge is 0.237 e. The third kappa shape index (κ3) is 3.06. The van der Waals surface area contributed by atoms with E-state index in [1.165, 1.54) is 0 Å². The highest BCUT2D eigenvalue weighted by atomic mass is 16.2. The number of nitrogens with one attached hydrogen (secondary N) is 1. The van der Waals surface area contributed by atoms with Crippen molar-refractivity contribution in [1.82, 2.24) is 10.2 Å². The molecule has 0 bridgehead atoms. The molecule has 4 nitrogen and oxygen atoms in total. The van der Waals surface area contributed by atoms with E-state index in [1.807, 2.05) is 0 Å². The van der Waals surface area contributed by atoms with Crippen LogP contribution in [-0.4, -0.2) is 42.3 Å². The first kappa shape index (κ1) is 12.6. The summed E-state index contributed by atoms with van der Waals surface area (Å²) in [6, 6.07) is 0.0467. The number of likely N-dealkylation sites (tertiary alicyclic amines) is 1. The van der Waals surface area contributed by atoms with Crippen LogP contribution in [0.15, 0.2) is 0 Å². The number of carbonyl (C=O) groups is 2. The maximum absolute atomic E-state index is 11.9. The molecule has 2 saturated heterocycles. The van der Waals surface area contributed by atoms with Gasteiger partial charge in [0.25, 0.3) is 0 Å². The maximum Gasteiger partial charge on any atom is 0.237 e. The van der Waals surface area contributed by atoms with Crippen LogP contribution in [0, 0.1) is 5.92 Å². The van der Waals surface area contributed by atoms with E-state index in [0.717, 1.165) is 51.7 Å². The first-order chi connectivity index (χ1) is 8.18. The lowest BCUT2D eigenvalue weighted by molar-refractivity contribution is -0.127. The highest BCUT2D eigenvalue weighted by molar-refractivity contribution is 5.82. The van der Waals surface area contributed by atoms with Gasteiger partial charge in [-0.15, -0.1) is 0 Å². The van der Waals surface area contributed by atoms with Crippen LogP contribution in [0.1, 0.15) is 39.0 Å². The number of ketones is 1. The van der Waals surface area contributed by atoms with Crippen molar-refractivity contribution in [3.8, 4) is 0 Å². The predicted octanol–water partition coefficient (Wildman–Crippen LogP) is 0.956. The van der Waals surface area contributed by atoms with Gasteiger partial charge >= 0.3 is 0 Å². The molecule has 0 aromatic carbocycles. The van der Waals surface area contributed by atoms with Gasteiger partial charge in [-0.3, -0.25) is 14.5 Å². The summed E-state index contributed by atoms with van der Waals surface area (Å²) in [7, 11) is 0. The summed E-state index contributed by atoms with van der Waals surface area (Å²) in [5.74, 6) is 0.707. The van der Waals surface area contributed by atoms with Crippen molar-refractivity contribution in [2.24, 2.45) is 5.92 Å². The Balaban J connectivity index is 1.90. The molecule has 96 valence electrons. The zero-order valence-corrected chi connectivity index (χ0v) is 10.6.